The molecule has 7 heteroatoms. The van der Waals surface area contributed by atoms with E-state index in [1.165, 1.54) is 0 Å². The normalized spacial score (nSPS) is 10.3. The summed E-state index contributed by atoms with van der Waals surface area (Å²) in [7, 11) is 1.58. The van der Waals surface area contributed by atoms with Gasteiger partial charge in [0.2, 0.25) is 11.8 Å². The van der Waals surface area contributed by atoms with Crippen LogP contribution in [0.25, 0.3) is 11.5 Å². The van der Waals surface area contributed by atoms with E-state index in [0.717, 1.165) is 17.3 Å². The molecule has 0 fully saturated rings. The topological polar surface area (TPSA) is 91.2 Å². The first-order valence-electron chi connectivity index (χ1n) is 5.08. The van der Waals surface area contributed by atoms with Crippen LogP contribution in [0.5, 0.6) is 5.75 Å². The molecule has 1 heterocycles. The van der Waals surface area contributed by atoms with Crippen molar-refractivity contribution in [2.24, 2.45) is 5.73 Å². The van der Waals surface area contributed by atoms with Gasteiger partial charge in [0.25, 0.3) is 5.22 Å². The van der Waals surface area contributed by atoms with Crippen LogP contribution in [0.2, 0.25) is 0 Å². The van der Waals surface area contributed by atoms with Crippen molar-refractivity contribution in [1.29, 1.82) is 0 Å². The average Bonchev–Trinajstić information content (AvgIpc) is 2.85. The van der Waals surface area contributed by atoms with E-state index in [9.17, 15) is 4.79 Å². The summed E-state index contributed by atoms with van der Waals surface area (Å²) in [5, 5.41) is 8.02. The summed E-state index contributed by atoms with van der Waals surface area (Å²) in [6, 6.07) is 7.27. The molecule has 18 heavy (non-hydrogen) atoms. The molecule has 0 saturated heterocycles. The van der Waals surface area contributed by atoms with Crippen LogP contribution in [0, 0.1) is 0 Å². The minimum absolute atomic E-state index is 0.111. The fraction of sp³-hybridized carbons (Fsp3) is 0.182. The van der Waals surface area contributed by atoms with Crippen LogP contribution in [0.15, 0.2) is 33.9 Å². The van der Waals surface area contributed by atoms with Gasteiger partial charge in [-0.2, -0.15) is 0 Å². The highest BCUT2D eigenvalue weighted by molar-refractivity contribution is 7.99. The Kier molecular flexibility index (Phi) is 3.83. The van der Waals surface area contributed by atoms with Gasteiger partial charge in [0.15, 0.2) is 0 Å². The predicted octanol–water partition coefficient (Wildman–Crippen LogP) is 1.32. The van der Waals surface area contributed by atoms with Gasteiger partial charge in [-0.15, -0.1) is 10.2 Å². The zero-order chi connectivity index (χ0) is 13.0. The number of nitrogens with two attached hydrogens (primary N) is 1. The van der Waals surface area contributed by atoms with Crippen molar-refractivity contribution >= 4 is 17.7 Å². The summed E-state index contributed by atoms with van der Waals surface area (Å²) < 4.78 is 10.5. The summed E-state index contributed by atoms with van der Waals surface area (Å²) in [6.07, 6.45) is 0. The number of methoxy groups -OCH3 is 1. The van der Waals surface area contributed by atoms with Crippen molar-refractivity contribution in [2.45, 2.75) is 5.22 Å². The van der Waals surface area contributed by atoms with Crippen molar-refractivity contribution in [1.82, 2.24) is 10.2 Å². The third kappa shape index (κ3) is 3.01. The van der Waals surface area contributed by atoms with Gasteiger partial charge in [-0.25, -0.2) is 0 Å². The molecule has 1 aromatic carbocycles. The molecule has 0 spiro atoms. The smallest absolute Gasteiger partial charge is 0.277 e. The van der Waals surface area contributed by atoms with Crippen LogP contribution in [0.4, 0.5) is 0 Å². The number of aromatic nitrogens is 2. The van der Waals surface area contributed by atoms with Crippen LogP contribution in [0.1, 0.15) is 0 Å². The summed E-state index contributed by atoms with van der Waals surface area (Å²) in [5.41, 5.74) is 5.79. The van der Waals surface area contributed by atoms with Crippen LogP contribution in [-0.4, -0.2) is 29.0 Å². The number of nitrogens with zero attached hydrogens (tertiary/aromatic N) is 2. The number of amides is 1. The molecule has 0 bridgehead atoms. The lowest BCUT2D eigenvalue weighted by Gasteiger charge is -1.99. The Labute approximate surface area is 108 Å². The second kappa shape index (κ2) is 5.54. The van der Waals surface area contributed by atoms with Crippen molar-refractivity contribution in [3.05, 3.63) is 24.3 Å². The molecule has 0 unspecified atom stereocenters. The molecule has 94 valence electrons. The van der Waals surface area contributed by atoms with Crippen LogP contribution < -0.4 is 10.5 Å². The van der Waals surface area contributed by atoms with Gasteiger partial charge in [-0.05, 0) is 18.2 Å². The number of ether oxygens (including phenoxy) is 1. The molecule has 0 aliphatic heterocycles. The average molecular weight is 265 g/mol. The van der Waals surface area contributed by atoms with Gasteiger partial charge < -0.3 is 14.9 Å². The maximum atomic E-state index is 10.6. The van der Waals surface area contributed by atoms with Crippen molar-refractivity contribution in [2.75, 3.05) is 12.9 Å². The summed E-state index contributed by atoms with van der Waals surface area (Å²) >= 11 is 1.11. The van der Waals surface area contributed by atoms with E-state index in [1.54, 1.807) is 13.2 Å². The van der Waals surface area contributed by atoms with E-state index >= 15 is 0 Å². The van der Waals surface area contributed by atoms with Crippen LogP contribution in [-0.2, 0) is 4.79 Å². The van der Waals surface area contributed by atoms with Gasteiger partial charge in [0.1, 0.15) is 5.75 Å². The minimum Gasteiger partial charge on any atom is -0.497 e. The number of carbonyl (C=O) groups excluding carboxylic acids is 1. The molecule has 0 aliphatic rings. The maximum absolute atomic E-state index is 10.6. The molecule has 0 radical (unpaired) electrons. The standard InChI is InChI=1S/C11H11N3O3S/c1-16-8-4-2-3-7(5-8)10-13-14-11(17-10)18-6-9(12)15/h2-5H,6H2,1H3,(H2,12,15). The van der Waals surface area contributed by atoms with Gasteiger partial charge in [-0.1, -0.05) is 17.8 Å². The second-order valence-corrected chi connectivity index (χ2v) is 4.29. The van der Waals surface area contributed by atoms with E-state index < -0.39 is 5.91 Å². The minimum atomic E-state index is -0.430. The van der Waals surface area contributed by atoms with Gasteiger partial charge in [0.05, 0.1) is 12.9 Å². The third-order valence-corrected chi connectivity index (χ3v) is 2.90. The number of rotatable bonds is 5. The monoisotopic (exact) mass is 265 g/mol. The zero-order valence-corrected chi connectivity index (χ0v) is 10.4. The first-order chi connectivity index (χ1) is 8.69. The molecule has 0 aliphatic carbocycles. The van der Waals surface area contributed by atoms with Gasteiger partial charge >= 0.3 is 0 Å². The number of primary amides is 1. The summed E-state index contributed by atoms with van der Waals surface area (Å²) in [6.45, 7) is 0. The number of carbonyl (C=O) groups is 1. The summed E-state index contributed by atoms with van der Waals surface area (Å²) in [5.74, 6) is 0.763. The lowest BCUT2D eigenvalue weighted by molar-refractivity contribution is -0.115. The summed E-state index contributed by atoms with van der Waals surface area (Å²) in [4.78, 5) is 10.6. The second-order valence-electron chi connectivity index (χ2n) is 3.36. The Morgan fingerprint density at radius 3 is 3.06 bits per heavy atom. The van der Waals surface area contributed by atoms with E-state index in [4.69, 9.17) is 14.9 Å². The Morgan fingerprint density at radius 2 is 2.33 bits per heavy atom. The predicted molar refractivity (Wildman–Crippen MR) is 66.2 cm³/mol. The Balaban J connectivity index is 2.15. The quantitative estimate of drug-likeness (QED) is 0.820. The molecule has 2 aromatic rings. The fourth-order valence-corrected chi connectivity index (χ4v) is 1.78. The lowest BCUT2D eigenvalue weighted by atomic mass is 10.2. The van der Waals surface area contributed by atoms with Gasteiger partial charge in [0, 0.05) is 5.56 Å². The van der Waals surface area contributed by atoms with Gasteiger partial charge in [-0.3, -0.25) is 4.79 Å². The fourth-order valence-electron chi connectivity index (χ4n) is 1.27. The Morgan fingerprint density at radius 1 is 1.50 bits per heavy atom. The molecular formula is C11H11N3O3S. The van der Waals surface area contributed by atoms with Crippen molar-refractivity contribution in [3.8, 4) is 17.2 Å². The van der Waals surface area contributed by atoms with E-state index in [0.29, 0.717) is 16.9 Å². The highest BCUT2D eigenvalue weighted by Gasteiger charge is 2.10. The Hall–Kier alpha value is -2.02. The van der Waals surface area contributed by atoms with Crippen molar-refractivity contribution < 1.29 is 13.9 Å². The lowest BCUT2D eigenvalue weighted by Crippen LogP contribution is -2.12. The number of hydrogen-bond donors (Lipinski definition) is 1. The van der Waals surface area contributed by atoms with Crippen LogP contribution in [0.3, 0.4) is 0 Å². The first-order valence-corrected chi connectivity index (χ1v) is 6.06. The highest BCUT2D eigenvalue weighted by Crippen LogP contribution is 2.25. The number of benzene rings is 1. The molecule has 2 N–H and O–H groups in total. The molecular weight excluding hydrogens is 254 g/mol. The largest absolute Gasteiger partial charge is 0.497 e. The molecule has 1 aromatic heterocycles. The molecule has 0 saturated carbocycles. The zero-order valence-electron chi connectivity index (χ0n) is 9.62. The molecule has 2 rings (SSSR count). The Bertz CT molecular complexity index is 556. The third-order valence-electron chi connectivity index (χ3n) is 2.06. The molecule has 6 nitrogen and oxygen atoms in total. The van der Waals surface area contributed by atoms with E-state index in [2.05, 4.69) is 10.2 Å². The number of hydrogen-bond acceptors (Lipinski definition) is 6. The van der Waals surface area contributed by atoms with Crippen molar-refractivity contribution in [3.63, 3.8) is 0 Å². The van der Waals surface area contributed by atoms with E-state index in [-0.39, 0.29) is 5.75 Å². The first kappa shape index (κ1) is 12.4. The maximum Gasteiger partial charge on any atom is 0.277 e. The van der Waals surface area contributed by atoms with Crippen LogP contribution >= 0.6 is 11.8 Å². The van der Waals surface area contributed by atoms with E-state index in [1.807, 2.05) is 18.2 Å². The molecule has 0 atom stereocenters. The molecule has 1 amide bonds. The number of thioether (sulfide) groups is 1. The highest BCUT2D eigenvalue weighted by atomic mass is 32.2. The SMILES string of the molecule is COc1cccc(-c2nnc(SCC(N)=O)o2)c1.